The highest BCUT2D eigenvalue weighted by Gasteiger charge is 2.18. The van der Waals surface area contributed by atoms with E-state index < -0.39 is 0 Å². The third-order valence-electron chi connectivity index (χ3n) is 5.23. The van der Waals surface area contributed by atoms with Gasteiger partial charge in [0.25, 0.3) is 23.6 Å². The van der Waals surface area contributed by atoms with Crippen molar-refractivity contribution >= 4 is 23.8 Å². The number of aromatic nitrogens is 7. The van der Waals surface area contributed by atoms with Crippen molar-refractivity contribution in [3.05, 3.63) is 85.2 Å². The number of thiophene rings is 1. The van der Waals surface area contributed by atoms with Gasteiger partial charge < -0.3 is 8.83 Å². The van der Waals surface area contributed by atoms with Crippen molar-refractivity contribution in [2.75, 3.05) is 0 Å². The first-order valence-electron chi connectivity index (χ1n) is 11.0. The average molecular weight is 505 g/mol. The van der Waals surface area contributed by atoms with Crippen molar-refractivity contribution in [1.82, 2.24) is 35.3 Å². The number of pyridine rings is 3. The highest BCUT2D eigenvalue weighted by atomic mass is 32.1. The zero-order valence-electron chi connectivity index (χ0n) is 19.1. The minimum absolute atomic E-state index is 0.280. The molecule has 0 N–H and O–H groups in total. The lowest BCUT2D eigenvalue weighted by Crippen LogP contribution is -1.89. The van der Waals surface area contributed by atoms with E-state index in [0.717, 1.165) is 15.4 Å². The molecular weight excluding hydrogens is 488 g/mol. The van der Waals surface area contributed by atoms with Gasteiger partial charge in [0.2, 0.25) is 0 Å². The Morgan fingerprint density at radius 1 is 0.649 bits per heavy atom. The summed E-state index contributed by atoms with van der Waals surface area (Å²) in [4.78, 5) is 18.7. The van der Waals surface area contributed by atoms with Crippen LogP contribution in [0.25, 0.3) is 61.8 Å². The molecule has 6 aromatic heterocycles. The largest absolute Gasteiger partial charge is 0.414 e. The third kappa shape index (κ3) is 4.46. The quantitative estimate of drug-likeness (QED) is 0.251. The molecule has 0 radical (unpaired) electrons. The smallest absolute Gasteiger partial charge is 0.266 e. The van der Waals surface area contributed by atoms with Crippen LogP contribution in [0.5, 0.6) is 0 Å². The molecule has 0 fully saturated rings. The fourth-order valence-electron chi connectivity index (χ4n) is 3.43. The zero-order chi connectivity index (χ0) is 25.2. The summed E-state index contributed by atoms with van der Waals surface area (Å²) in [5.41, 5.74) is 3.59. The number of aliphatic imine (C=N–C) groups is 1. The first kappa shape index (κ1) is 22.3. The van der Waals surface area contributed by atoms with Crippen molar-refractivity contribution in [3.63, 3.8) is 0 Å². The van der Waals surface area contributed by atoms with Crippen LogP contribution in [0.4, 0.5) is 0 Å². The van der Waals surface area contributed by atoms with Gasteiger partial charge in [-0.15, -0.1) is 31.7 Å². The molecule has 11 heteroatoms. The molecule has 6 heterocycles. The van der Waals surface area contributed by atoms with Gasteiger partial charge in [0.15, 0.2) is 0 Å². The first-order valence-corrected chi connectivity index (χ1v) is 11.8. The highest BCUT2D eigenvalue weighted by Crippen LogP contribution is 2.35. The summed E-state index contributed by atoms with van der Waals surface area (Å²) in [6.07, 6.45) is 1.72. The van der Waals surface area contributed by atoms with Gasteiger partial charge in [-0.3, -0.25) is 9.98 Å². The lowest BCUT2D eigenvalue weighted by molar-refractivity contribution is 0.583. The molecule has 0 saturated heterocycles. The van der Waals surface area contributed by atoms with Crippen LogP contribution < -0.4 is 0 Å². The fraction of sp³-hybridized carbons (Fsp3) is 0. The van der Waals surface area contributed by atoms with E-state index in [9.17, 15) is 0 Å². The Labute approximate surface area is 214 Å². The third-order valence-corrected chi connectivity index (χ3v) is 6.29. The molecule has 37 heavy (non-hydrogen) atoms. The highest BCUT2D eigenvalue weighted by molar-refractivity contribution is 7.18. The Morgan fingerprint density at radius 2 is 1.24 bits per heavy atom. The molecule has 0 aliphatic carbocycles. The van der Waals surface area contributed by atoms with Crippen LogP contribution in [0.15, 0.2) is 93.3 Å². The maximum absolute atomic E-state index is 5.92. The van der Waals surface area contributed by atoms with Gasteiger partial charge in [-0.25, -0.2) is 9.97 Å². The van der Waals surface area contributed by atoms with E-state index in [2.05, 4.69) is 53.6 Å². The maximum Gasteiger partial charge on any atom is 0.266 e. The van der Waals surface area contributed by atoms with Crippen LogP contribution in [-0.4, -0.2) is 42.1 Å². The van der Waals surface area contributed by atoms with Crippen LogP contribution in [0, 0.1) is 0 Å². The molecule has 0 saturated carbocycles. The fourth-order valence-corrected chi connectivity index (χ4v) is 4.28. The summed E-state index contributed by atoms with van der Waals surface area (Å²) in [6, 6.07) is 20.3. The van der Waals surface area contributed by atoms with E-state index in [0.29, 0.717) is 46.1 Å². The summed E-state index contributed by atoms with van der Waals surface area (Å²) >= 11 is 1.39. The molecule has 0 amide bonds. The Kier molecular flexibility index (Phi) is 5.71. The van der Waals surface area contributed by atoms with E-state index >= 15 is 0 Å². The van der Waals surface area contributed by atoms with Crippen LogP contribution >= 0.6 is 11.3 Å². The lowest BCUT2D eigenvalue weighted by Gasteiger charge is -2.00. The Hall–Kier alpha value is -5.16. The van der Waals surface area contributed by atoms with Crippen LogP contribution in [0.1, 0.15) is 5.69 Å². The SMILES string of the molecule is C=NC(=C)c1cccc(-c2nnc(-c3ccc(-c4nnc(-c5cccc(-c6ccccn6)n5)o4)s3)o2)n1. The molecule has 178 valence electrons. The molecule has 0 bridgehead atoms. The van der Waals surface area contributed by atoms with Crippen molar-refractivity contribution in [2.45, 2.75) is 0 Å². The predicted molar refractivity (Wildman–Crippen MR) is 139 cm³/mol. The molecule has 0 aliphatic heterocycles. The van der Waals surface area contributed by atoms with Gasteiger partial charge in [-0.2, -0.15) is 0 Å². The normalized spacial score (nSPS) is 10.9. The second kappa shape index (κ2) is 9.47. The van der Waals surface area contributed by atoms with Gasteiger partial charge in [0.1, 0.15) is 11.4 Å². The average Bonchev–Trinajstić information content (AvgIpc) is 3.74. The van der Waals surface area contributed by atoms with Crippen molar-refractivity contribution in [2.24, 2.45) is 4.99 Å². The van der Waals surface area contributed by atoms with Gasteiger partial charge >= 0.3 is 0 Å². The summed E-state index contributed by atoms with van der Waals surface area (Å²) in [5.74, 6) is 1.30. The predicted octanol–water partition coefficient (Wildman–Crippen LogP) is 5.71. The molecular formula is C26H16N8O2S. The topological polar surface area (TPSA) is 129 Å². The van der Waals surface area contributed by atoms with Crippen molar-refractivity contribution in [1.29, 1.82) is 0 Å². The van der Waals surface area contributed by atoms with Crippen molar-refractivity contribution < 1.29 is 8.83 Å². The molecule has 6 rings (SSSR count). The van der Waals surface area contributed by atoms with Crippen LogP contribution in [0.2, 0.25) is 0 Å². The second-order valence-corrected chi connectivity index (χ2v) is 8.71. The number of nitrogens with zero attached hydrogens (tertiary/aromatic N) is 8. The lowest BCUT2D eigenvalue weighted by atomic mass is 10.2. The van der Waals surface area contributed by atoms with E-state index in [1.165, 1.54) is 11.3 Å². The minimum Gasteiger partial charge on any atom is -0.414 e. The maximum atomic E-state index is 5.92. The van der Waals surface area contributed by atoms with E-state index in [1.807, 2.05) is 54.6 Å². The monoisotopic (exact) mass is 504 g/mol. The Balaban J connectivity index is 1.24. The summed E-state index contributed by atoms with van der Waals surface area (Å²) < 4.78 is 11.8. The Bertz CT molecular complexity index is 1740. The molecule has 0 unspecified atom stereocenters. The van der Waals surface area contributed by atoms with Gasteiger partial charge in [-0.1, -0.05) is 24.8 Å². The Morgan fingerprint density at radius 3 is 1.89 bits per heavy atom. The molecule has 0 atom stereocenters. The van der Waals surface area contributed by atoms with Gasteiger partial charge in [0.05, 0.1) is 32.5 Å². The van der Waals surface area contributed by atoms with Crippen LogP contribution in [-0.2, 0) is 0 Å². The minimum atomic E-state index is 0.280. The molecule has 0 spiro atoms. The molecule has 6 aromatic rings. The molecule has 10 nitrogen and oxygen atoms in total. The van der Waals surface area contributed by atoms with E-state index in [-0.39, 0.29) is 5.89 Å². The zero-order valence-corrected chi connectivity index (χ0v) is 20.0. The first-order chi connectivity index (χ1) is 18.2. The van der Waals surface area contributed by atoms with Gasteiger partial charge in [-0.05, 0) is 55.2 Å². The summed E-state index contributed by atoms with van der Waals surface area (Å²) in [7, 11) is 0. The number of hydrogen-bond acceptors (Lipinski definition) is 11. The van der Waals surface area contributed by atoms with E-state index in [1.54, 1.807) is 18.3 Å². The number of hydrogen-bond donors (Lipinski definition) is 0. The van der Waals surface area contributed by atoms with Gasteiger partial charge in [0, 0.05) is 6.20 Å². The molecule has 0 aromatic carbocycles. The standard InChI is InChI=1S/C26H16N8O2S/c1-15(27-2)16-8-5-10-19(29-16)23-31-33-25(35-23)21-12-13-22(37-21)26-34-32-24(36-26)20-11-6-9-18(30-20)17-7-3-4-14-28-17/h3-14H,1-2H2. The summed E-state index contributed by atoms with van der Waals surface area (Å²) in [6.45, 7) is 7.30. The second-order valence-electron chi connectivity index (χ2n) is 7.62. The summed E-state index contributed by atoms with van der Waals surface area (Å²) in [5, 5.41) is 16.7. The molecule has 0 aliphatic rings. The van der Waals surface area contributed by atoms with E-state index in [4.69, 9.17) is 8.83 Å². The van der Waals surface area contributed by atoms with Crippen LogP contribution in [0.3, 0.4) is 0 Å². The van der Waals surface area contributed by atoms with Crippen molar-refractivity contribution in [3.8, 4) is 56.1 Å². The number of rotatable bonds is 7.